The molecule has 2 aromatic carbocycles. The van der Waals surface area contributed by atoms with E-state index in [9.17, 15) is 9.90 Å². The summed E-state index contributed by atoms with van der Waals surface area (Å²) in [4.78, 5) is 16.4. The summed E-state index contributed by atoms with van der Waals surface area (Å²) in [5.41, 5.74) is 5.37. The first-order valence-electron chi connectivity index (χ1n) is 10.1. The Morgan fingerprint density at radius 3 is 2.47 bits per heavy atom. The molecule has 0 unspecified atom stereocenters. The fraction of sp³-hybridized carbons (Fsp3) is 0.280. The highest BCUT2D eigenvalue weighted by Gasteiger charge is 2.16. The first-order valence-corrected chi connectivity index (χ1v) is 10.1. The average Bonchev–Trinajstić information content (AvgIpc) is 2.73. The number of pyridine rings is 1. The summed E-state index contributed by atoms with van der Waals surface area (Å²) in [6.45, 7) is 8.77. The third kappa shape index (κ3) is 4.98. The number of hydrogen-bond acceptors (Lipinski definition) is 4. The van der Waals surface area contributed by atoms with Crippen LogP contribution in [0, 0.1) is 20.8 Å². The third-order valence-electron chi connectivity index (χ3n) is 4.93. The maximum absolute atomic E-state index is 11.7. The van der Waals surface area contributed by atoms with Crippen LogP contribution in [0.4, 0.5) is 0 Å². The van der Waals surface area contributed by atoms with E-state index in [-0.39, 0.29) is 12.2 Å². The summed E-state index contributed by atoms with van der Waals surface area (Å²) in [6, 6.07) is 15.0. The number of carboxylic acids is 1. The van der Waals surface area contributed by atoms with E-state index in [4.69, 9.17) is 9.47 Å². The summed E-state index contributed by atoms with van der Waals surface area (Å²) < 4.78 is 11.8. The van der Waals surface area contributed by atoms with Crippen molar-refractivity contribution in [1.29, 1.82) is 0 Å². The number of hydrogen-bond donors (Lipinski definition) is 1. The molecular weight excluding hydrogens is 378 g/mol. The van der Waals surface area contributed by atoms with Crippen molar-refractivity contribution in [3.8, 4) is 22.8 Å². The molecule has 156 valence electrons. The normalized spacial score (nSPS) is 10.7. The molecule has 0 bridgehead atoms. The van der Waals surface area contributed by atoms with Crippen LogP contribution in [0.1, 0.15) is 46.1 Å². The van der Waals surface area contributed by atoms with Gasteiger partial charge >= 0.3 is 5.97 Å². The standard InChI is InChI=1S/C25H27NO4/c1-5-12-29-24-11-6-16(2)13-21(24)22-10-9-20(25(27)28)23(26-22)15-30-19-8-7-17(3)18(4)14-19/h6-11,13-14H,5,12,15H2,1-4H3,(H,27,28). The number of benzene rings is 2. The number of rotatable bonds is 8. The lowest BCUT2D eigenvalue weighted by molar-refractivity contribution is 0.0693. The van der Waals surface area contributed by atoms with Crippen LogP contribution < -0.4 is 9.47 Å². The van der Waals surface area contributed by atoms with Crippen LogP contribution >= 0.6 is 0 Å². The molecule has 0 aliphatic carbocycles. The van der Waals surface area contributed by atoms with Gasteiger partial charge in [-0.15, -0.1) is 0 Å². The van der Waals surface area contributed by atoms with E-state index in [1.54, 1.807) is 12.1 Å². The Balaban J connectivity index is 1.96. The van der Waals surface area contributed by atoms with Gasteiger partial charge in [-0.25, -0.2) is 9.78 Å². The number of aryl methyl sites for hydroxylation is 3. The molecule has 5 heteroatoms. The lowest BCUT2D eigenvalue weighted by Gasteiger charge is -2.14. The van der Waals surface area contributed by atoms with Gasteiger partial charge in [0.15, 0.2) is 0 Å². The zero-order valence-electron chi connectivity index (χ0n) is 17.9. The molecule has 0 aliphatic rings. The Morgan fingerprint density at radius 1 is 0.967 bits per heavy atom. The van der Waals surface area contributed by atoms with Gasteiger partial charge in [0, 0.05) is 5.56 Å². The Labute approximate surface area is 177 Å². The molecule has 1 heterocycles. The van der Waals surface area contributed by atoms with Gasteiger partial charge in [-0.3, -0.25) is 0 Å². The number of nitrogens with zero attached hydrogens (tertiary/aromatic N) is 1. The van der Waals surface area contributed by atoms with Gasteiger partial charge in [-0.05, 0) is 74.7 Å². The molecule has 1 aromatic heterocycles. The maximum atomic E-state index is 11.7. The van der Waals surface area contributed by atoms with Crippen molar-refractivity contribution in [2.75, 3.05) is 6.61 Å². The summed E-state index contributed by atoms with van der Waals surface area (Å²) in [7, 11) is 0. The molecule has 0 saturated heterocycles. The van der Waals surface area contributed by atoms with E-state index in [0.29, 0.717) is 23.7 Å². The maximum Gasteiger partial charge on any atom is 0.337 e. The van der Waals surface area contributed by atoms with E-state index in [2.05, 4.69) is 11.9 Å². The van der Waals surface area contributed by atoms with Gasteiger partial charge in [-0.1, -0.05) is 24.6 Å². The second kappa shape index (κ2) is 9.44. The molecule has 3 rings (SSSR count). The van der Waals surface area contributed by atoms with Gasteiger partial charge in [0.1, 0.15) is 18.1 Å². The molecule has 0 amide bonds. The SMILES string of the molecule is CCCOc1ccc(C)cc1-c1ccc(C(=O)O)c(COc2ccc(C)c(C)c2)n1. The highest BCUT2D eigenvalue weighted by Crippen LogP contribution is 2.31. The van der Waals surface area contributed by atoms with E-state index in [1.165, 1.54) is 5.56 Å². The van der Waals surface area contributed by atoms with Crippen LogP contribution in [0.5, 0.6) is 11.5 Å². The molecule has 0 spiro atoms. The Morgan fingerprint density at radius 2 is 1.77 bits per heavy atom. The van der Waals surface area contributed by atoms with Crippen molar-refractivity contribution in [1.82, 2.24) is 4.98 Å². The number of ether oxygens (including phenoxy) is 2. The predicted octanol–water partition coefficient (Wildman–Crippen LogP) is 5.74. The Hall–Kier alpha value is -3.34. The fourth-order valence-corrected chi connectivity index (χ4v) is 3.09. The highest BCUT2D eigenvalue weighted by molar-refractivity contribution is 5.89. The van der Waals surface area contributed by atoms with Gasteiger partial charge in [-0.2, -0.15) is 0 Å². The number of aromatic nitrogens is 1. The van der Waals surface area contributed by atoms with Gasteiger partial charge < -0.3 is 14.6 Å². The van der Waals surface area contributed by atoms with Gasteiger partial charge in [0.2, 0.25) is 0 Å². The summed E-state index contributed by atoms with van der Waals surface area (Å²) in [6.07, 6.45) is 0.897. The van der Waals surface area contributed by atoms with Crippen LogP contribution in [0.2, 0.25) is 0 Å². The van der Waals surface area contributed by atoms with Crippen LogP contribution in [0.25, 0.3) is 11.3 Å². The summed E-state index contributed by atoms with van der Waals surface area (Å²) in [5.74, 6) is 0.391. The van der Waals surface area contributed by atoms with Crippen molar-refractivity contribution in [2.24, 2.45) is 0 Å². The van der Waals surface area contributed by atoms with E-state index in [0.717, 1.165) is 28.9 Å². The molecule has 30 heavy (non-hydrogen) atoms. The van der Waals surface area contributed by atoms with Crippen molar-refractivity contribution in [2.45, 2.75) is 40.7 Å². The first-order chi connectivity index (χ1) is 14.4. The zero-order valence-corrected chi connectivity index (χ0v) is 17.9. The second-order valence-corrected chi connectivity index (χ2v) is 7.38. The molecular formula is C25H27NO4. The zero-order chi connectivity index (χ0) is 21.7. The minimum absolute atomic E-state index is 0.0644. The number of aromatic carboxylic acids is 1. The second-order valence-electron chi connectivity index (χ2n) is 7.38. The molecule has 0 saturated carbocycles. The largest absolute Gasteiger partial charge is 0.493 e. The fourth-order valence-electron chi connectivity index (χ4n) is 3.09. The van der Waals surface area contributed by atoms with Gasteiger partial charge in [0.25, 0.3) is 0 Å². The average molecular weight is 405 g/mol. The monoisotopic (exact) mass is 405 g/mol. The predicted molar refractivity (Wildman–Crippen MR) is 117 cm³/mol. The topological polar surface area (TPSA) is 68.7 Å². The van der Waals surface area contributed by atoms with Gasteiger partial charge in [0.05, 0.1) is 23.6 Å². The highest BCUT2D eigenvalue weighted by atomic mass is 16.5. The van der Waals surface area contributed by atoms with Crippen molar-refractivity contribution in [3.63, 3.8) is 0 Å². The third-order valence-corrected chi connectivity index (χ3v) is 4.93. The van der Waals surface area contributed by atoms with E-state index in [1.807, 2.05) is 57.2 Å². The van der Waals surface area contributed by atoms with Crippen LogP contribution in [-0.2, 0) is 6.61 Å². The molecule has 0 fully saturated rings. The lowest BCUT2D eigenvalue weighted by Crippen LogP contribution is -2.09. The minimum Gasteiger partial charge on any atom is -0.493 e. The summed E-state index contributed by atoms with van der Waals surface area (Å²) >= 11 is 0. The van der Waals surface area contributed by atoms with Crippen LogP contribution in [-0.4, -0.2) is 22.7 Å². The molecule has 0 radical (unpaired) electrons. The molecule has 0 aliphatic heterocycles. The molecule has 3 aromatic rings. The smallest absolute Gasteiger partial charge is 0.337 e. The Kier molecular flexibility index (Phi) is 6.72. The van der Waals surface area contributed by atoms with E-state index < -0.39 is 5.97 Å². The van der Waals surface area contributed by atoms with Crippen molar-refractivity contribution >= 4 is 5.97 Å². The first kappa shape index (κ1) is 21.4. The number of carboxylic acid groups (broad SMARTS) is 1. The van der Waals surface area contributed by atoms with Crippen molar-refractivity contribution in [3.05, 3.63) is 76.5 Å². The summed E-state index contributed by atoms with van der Waals surface area (Å²) in [5, 5.41) is 9.60. The van der Waals surface area contributed by atoms with Crippen molar-refractivity contribution < 1.29 is 19.4 Å². The molecule has 0 atom stereocenters. The Bertz CT molecular complexity index is 1060. The van der Waals surface area contributed by atoms with Crippen LogP contribution in [0.15, 0.2) is 48.5 Å². The lowest BCUT2D eigenvalue weighted by atomic mass is 10.0. The quantitative estimate of drug-likeness (QED) is 0.517. The van der Waals surface area contributed by atoms with E-state index >= 15 is 0 Å². The minimum atomic E-state index is -1.03. The molecule has 5 nitrogen and oxygen atoms in total. The van der Waals surface area contributed by atoms with Crippen LogP contribution in [0.3, 0.4) is 0 Å². The number of carbonyl (C=O) groups is 1. The molecule has 1 N–H and O–H groups in total.